The fourth-order valence-corrected chi connectivity index (χ4v) is 3.62. The van der Waals surface area contributed by atoms with Crippen molar-refractivity contribution in [2.75, 3.05) is 24.6 Å². The van der Waals surface area contributed by atoms with Crippen LogP contribution in [0.4, 0.5) is 0 Å². The summed E-state index contributed by atoms with van der Waals surface area (Å²) in [6, 6.07) is 2.25. The monoisotopic (exact) mass is 200 g/mol. The average Bonchev–Trinajstić information content (AvgIpc) is 2.62. The van der Waals surface area contributed by atoms with Crippen LogP contribution < -0.4 is 5.32 Å². The van der Waals surface area contributed by atoms with E-state index in [2.05, 4.69) is 35.8 Å². The van der Waals surface area contributed by atoms with Gasteiger partial charge in [0.05, 0.1) is 0 Å². The molecule has 0 aromatic rings. The van der Waals surface area contributed by atoms with E-state index in [1.54, 1.807) is 0 Å². The van der Waals surface area contributed by atoms with Gasteiger partial charge in [-0.15, -0.1) is 0 Å². The quantitative estimate of drug-likeness (QED) is 0.684. The molecule has 2 nitrogen and oxygen atoms in total. The molecule has 0 aromatic heterocycles. The lowest BCUT2D eigenvalue weighted by atomic mass is 10.0. The van der Waals surface area contributed by atoms with Gasteiger partial charge in [-0.3, -0.25) is 4.90 Å². The number of nitrogens with zero attached hydrogens (tertiary/aromatic N) is 1. The van der Waals surface area contributed by atoms with Crippen molar-refractivity contribution in [3.8, 4) is 0 Å². The van der Waals surface area contributed by atoms with Crippen LogP contribution in [0.2, 0.25) is 0 Å². The second kappa shape index (κ2) is 4.20. The van der Waals surface area contributed by atoms with E-state index in [1.165, 1.54) is 31.0 Å². The molecule has 1 N–H and O–H groups in total. The van der Waals surface area contributed by atoms with Gasteiger partial charge in [0.25, 0.3) is 0 Å². The van der Waals surface area contributed by atoms with Gasteiger partial charge < -0.3 is 5.32 Å². The Bertz CT molecular complexity index is 166. The first-order valence-electron chi connectivity index (χ1n) is 5.36. The molecule has 3 atom stereocenters. The number of thioether (sulfide) groups is 1. The van der Waals surface area contributed by atoms with Crippen LogP contribution in [0.3, 0.4) is 0 Å². The third-order valence-electron chi connectivity index (χ3n) is 3.46. The number of piperazine rings is 1. The molecule has 2 rings (SSSR count). The topological polar surface area (TPSA) is 15.3 Å². The van der Waals surface area contributed by atoms with Gasteiger partial charge in [-0.05, 0) is 26.0 Å². The summed E-state index contributed by atoms with van der Waals surface area (Å²) >= 11 is 2.12. The molecule has 76 valence electrons. The Balaban J connectivity index is 1.95. The molecule has 3 heteroatoms. The van der Waals surface area contributed by atoms with E-state index < -0.39 is 0 Å². The summed E-state index contributed by atoms with van der Waals surface area (Å²) in [4.78, 5) is 2.71. The van der Waals surface area contributed by atoms with Crippen molar-refractivity contribution in [2.45, 2.75) is 38.4 Å². The second-order valence-corrected chi connectivity index (χ2v) is 5.39. The number of hydrogen-bond donors (Lipinski definition) is 1. The highest BCUT2D eigenvalue weighted by Crippen LogP contribution is 2.25. The molecule has 2 aliphatic heterocycles. The SMILES string of the molecule is CC1NCCN(C2CCSC2)C1C. The molecule has 0 aliphatic carbocycles. The lowest BCUT2D eigenvalue weighted by Crippen LogP contribution is -2.58. The zero-order valence-corrected chi connectivity index (χ0v) is 9.44. The van der Waals surface area contributed by atoms with E-state index >= 15 is 0 Å². The Morgan fingerprint density at radius 3 is 2.92 bits per heavy atom. The molecule has 2 fully saturated rings. The van der Waals surface area contributed by atoms with Crippen LogP contribution in [0.25, 0.3) is 0 Å². The van der Waals surface area contributed by atoms with Crippen LogP contribution in [0.15, 0.2) is 0 Å². The van der Waals surface area contributed by atoms with Crippen molar-refractivity contribution in [1.82, 2.24) is 10.2 Å². The molecule has 2 heterocycles. The van der Waals surface area contributed by atoms with Crippen LogP contribution in [0.1, 0.15) is 20.3 Å². The minimum absolute atomic E-state index is 0.666. The molecule has 0 radical (unpaired) electrons. The Kier molecular flexibility index (Phi) is 3.17. The normalized spacial score (nSPS) is 42.5. The lowest BCUT2D eigenvalue weighted by Gasteiger charge is -2.42. The standard InChI is InChI=1S/C10H20N2S/c1-8-9(2)12(5-4-11-8)10-3-6-13-7-10/h8-11H,3-7H2,1-2H3. The maximum atomic E-state index is 3.54. The molecule has 2 aliphatic rings. The molecule has 0 bridgehead atoms. The van der Waals surface area contributed by atoms with Crippen LogP contribution >= 0.6 is 11.8 Å². The highest BCUT2D eigenvalue weighted by atomic mass is 32.2. The zero-order valence-electron chi connectivity index (χ0n) is 8.62. The second-order valence-electron chi connectivity index (χ2n) is 4.24. The maximum Gasteiger partial charge on any atom is 0.0222 e. The Hall–Kier alpha value is 0.270. The predicted molar refractivity (Wildman–Crippen MR) is 59.4 cm³/mol. The van der Waals surface area contributed by atoms with Gasteiger partial charge >= 0.3 is 0 Å². The Morgan fingerprint density at radius 1 is 1.38 bits per heavy atom. The van der Waals surface area contributed by atoms with E-state index in [0.717, 1.165) is 12.1 Å². The van der Waals surface area contributed by atoms with Crippen molar-refractivity contribution < 1.29 is 0 Å². The van der Waals surface area contributed by atoms with Gasteiger partial charge in [-0.2, -0.15) is 11.8 Å². The molecule has 0 spiro atoms. The van der Waals surface area contributed by atoms with Crippen molar-refractivity contribution in [2.24, 2.45) is 0 Å². The molecular formula is C10H20N2S. The highest BCUT2D eigenvalue weighted by Gasteiger charge is 2.31. The minimum Gasteiger partial charge on any atom is -0.311 e. The van der Waals surface area contributed by atoms with E-state index in [9.17, 15) is 0 Å². The van der Waals surface area contributed by atoms with Crippen molar-refractivity contribution in [3.05, 3.63) is 0 Å². The summed E-state index contributed by atoms with van der Waals surface area (Å²) in [5.74, 6) is 2.73. The van der Waals surface area contributed by atoms with Gasteiger partial charge in [0, 0.05) is 37.0 Å². The molecule has 0 saturated carbocycles. The van der Waals surface area contributed by atoms with Crippen LogP contribution in [-0.2, 0) is 0 Å². The first kappa shape index (κ1) is 9.81. The van der Waals surface area contributed by atoms with E-state index in [-0.39, 0.29) is 0 Å². The van der Waals surface area contributed by atoms with E-state index in [0.29, 0.717) is 6.04 Å². The maximum absolute atomic E-state index is 3.54. The van der Waals surface area contributed by atoms with Crippen LogP contribution in [0.5, 0.6) is 0 Å². The summed E-state index contributed by atoms with van der Waals surface area (Å²) in [5.41, 5.74) is 0. The van der Waals surface area contributed by atoms with Gasteiger partial charge in [0.15, 0.2) is 0 Å². The van der Waals surface area contributed by atoms with E-state index in [4.69, 9.17) is 0 Å². The smallest absolute Gasteiger partial charge is 0.0222 e. The van der Waals surface area contributed by atoms with Crippen molar-refractivity contribution >= 4 is 11.8 Å². The molecule has 2 saturated heterocycles. The van der Waals surface area contributed by atoms with Gasteiger partial charge in [-0.25, -0.2) is 0 Å². The van der Waals surface area contributed by atoms with Crippen molar-refractivity contribution in [1.29, 1.82) is 0 Å². The summed E-state index contributed by atoms with van der Waals surface area (Å²) in [7, 11) is 0. The number of nitrogens with one attached hydrogen (secondary N) is 1. The number of hydrogen-bond acceptors (Lipinski definition) is 3. The number of rotatable bonds is 1. The Labute approximate surface area is 85.4 Å². The van der Waals surface area contributed by atoms with Crippen LogP contribution in [0, 0.1) is 0 Å². The first-order chi connectivity index (χ1) is 6.29. The largest absolute Gasteiger partial charge is 0.311 e. The van der Waals surface area contributed by atoms with Gasteiger partial charge in [0.2, 0.25) is 0 Å². The van der Waals surface area contributed by atoms with Crippen LogP contribution in [-0.4, -0.2) is 47.6 Å². The molecular weight excluding hydrogens is 180 g/mol. The highest BCUT2D eigenvalue weighted by molar-refractivity contribution is 7.99. The fraction of sp³-hybridized carbons (Fsp3) is 1.00. The summed E-state index contributed by atoms with van der Waals surface area (Å²) in [6.07, 6.45) is 1.40. The van der Waals surface area contributed by atoms with Gasteiger partial charge in [0.1, 0.15) is 0 Å². The minimum atomic E-state index is 0.666. The fourth-order valence-electron chi connectivity index (χ4n) is 2.38. The molecule has 0 aromatic carbocycles. The van der Waals surface area contributed by atoms with Crippen molar-refractivity contribution in [3.63, 3.8) is 0 Å². The Morgan fingerprint density at radius 2 is 2.23 bits per heavy atom. The average molecular weight is 200 g/mol. The lowest BCUT2D eigenvalue weighted by molar-refractivity contribution is 0.0999. The molecule has 3 unspecified atom stereocenters. The summed E-state index contributed by atoms with van der Waals surface area (Å²) < 4.78 is 0. The molecule has 13 heavy (non-hydrogen) atoms. The summed E-state index contributed by atoms with van der Waals surface area (Å²) in [5, 5.41) is 3.54. The third-order valence-corrected chi connectivity index (χ3v) is 4.60. The molecule has 0 amide bonds. The zero-order chi connectivity index (χ0) is 9.26. The summed E-state index contributed by atoms with van der Waals surface area (Å²) in [6.45, 7) is 7.09. The predicted octanol–water partition coefficient (Wildman–Crippen LogP) is 1.17. The van der Waals surface area contributed by atoms with Gasteiger partial charge in [-0.1, -0.05) is 0 Å². The third kappa shape index (κ3) is 2.03. The van der Waals surface area contributed by atoms with E-state index in [1.807, 2.05) is 0 Å². The first-order valence-corrected chi connectivity index (χ1v) is 6.51.